The number of nitro groups is 1. The van der Waals surface area contributed by atoms with Crippen molar-refractivity contribution in [1.29, 1.82) is 0 Å². The van der Waals surface area contributed by atoms with Gasteiger partial charge in [-0.25, -0.2) is 0 Å². The summed E-state index contributed by atoms with van der Waals surface area (Å²) in [7, 11) is 0. The van der Waals surface area contributed by atoms with E-state index in [9.17, 15) is 10.1 Å². The highest BCUT2D eigenvalue weighted by atomic mass is 16.6. The smallest absolute Gasteiger partial charge is 0.404 e. The molecule has 1 aliphatic heterocycles. The molecule has 6 heteroatoms. The topological polar surface area (TPSA) is 71.6 Å². The zero-order valence-electron chi connectivity index (χ0n) is 11.6. The highest BCUT2D eigenvalue weighted by Gasteiger charge is 2.31. The Morgan fingerprint density at radius 2 is 2.05 bits per heavy atom. The second-order valence-corrected chi connectivity index (χ2v) is 5.85. The van der Waals surface area contributed by atoms with Crippen LogP contribution in [0.25, 0.3) is 0 Å². The molecule has 1 aliphatic carbocycles. The summed E-state index contributed by atoms with van der Waals surface area (Å²) in [5.41, 5.74) is 0. The fourth-order valence-corrected chi connectivity index (χ4v) is 2.93. The molecule has 0 amide bonds. The van der Waals surface area contributed by atoms with E-state index in [0.717, 1.165) is 25.6 Å². The third-order valence-electron chi connectivity index (χ3n) is 4.20. The summed E-state index contributed by atoms with van der Waals surface area (Å²) < 4.78 is 5.29. The number of nitrogens with one attached hydrogen (secondary N) is 1. The fraction of sp³-hybridized carbons (Fsp3) is 0.714. The summed E-state index contributed by atoms with van der Waals surface area (Å²) in [5.74, 6) is 1.29. The van der Waals surface area contributed by atoms with Gasteiger partial charge in [-0.05, 0) is 50.8 Å². The summed E-state index contributed by atoms with van der Waals surface area (Å²) in [5, 5.41) is 14.0. The number of piperidine rings is 1. The van der Waals surface area contributed by atoms with Crippen molar-refractivity contribution in [3.8, 4) is 0 Å². The van der Waals surface area contributed by atoms with Crippen molar-refractivity contribution in [3.05, 3.63) is 28.0 Å². The van der Waals surface area contributed by atoms with Gasteiger partial charge in [0.1, 0.15) is 10.7 Å². The van der Waals surface area contributed by atoms with E-state index in [4.69, 9.17) is 4.42 Å². The Bertz CT molecular complexity index is 464. The van der Waals surface area contributed by atoms with E-state index in [-0.39, 0.29) is 5.88 Å². The Morgan fingerprint density at radius 3 is 2.65 bits per heavy atom. The standard InChI is InChI=1S/C14H21N3O3/c18-17(19)14-4-3-13(20-14)10-16(12-1-2-12)9-11-5-7-15-8-6-11/h3-4,11-12,15H,1-2,5-10H2. The number of rotatable bonds is 6. The second-order valence-electron chi connectivity index (χ2n) is 5.85. The van der Waals surface area contributed by atoms with Crippen molar-refractivity contribution in [1.82, 2.24) is 10.2 Å². The number of nitrogens with zero attached hydrogens (tertiary/aromatic N) is 2. The van der Waals surface area contributed by atoms with Gasteiger partial charge in [-0.2, -0.15) is 0 Å². The van der Waals surface area contributed by atoms with E-state index in [2.05, 4.69) is 10.2 Å². The van der Waals surface area contributed by atoms with E-state index in [1.54, 1.807) is 6.07 Å². The van der Waals surface area contributed by atoms with Crippen molar-refractivity contribution in [2.24, 2.45) is 5.92 Å². The number of hydrogen-bond donors (Lipinski definition) is 1. The van der Waals surface area contributed by atoms with Crippen molar-refractivity contribution in [2.75, 3.05) is 19.6 Å². The van der Waals surface area contributed by atoms with Gasteiger partial charge in [-0.3, -0.25) is 15.0 Å². The monoisotopic (exact) mass is 279 g/mol. The minimum atomic E-state index is -0.474. The predicted molar refractivity (Wildman–Crippen MR) is 74.4 cm³/mol. The lowest BCUT2D eigenvalue weighted by Crippen LogP contribution is -2.36. The van der Waals surface area contributed by atoms with E-state index in [0.29, 0.717) is 18.3 Å². The maximum absolute atomic E-state index is 10.7. The summed E-state index contributed by atoms with van der Waals surface area (Å²) in [6.45, 7) is 3.99. The largest absolute Gasteiger partial charge is 0.433 e. The van der Waals surface area contributed by atoms with Gasteiger partial charge in [0.2, 0.25) is 0 Å². The molecule has 0 radical (unpaired) electrons. The molecule has 0 spiro atoms. The van der Waals surface area contributed by atoms with Crippen LogP contribution in [0.1, 0.15) is 31.4 Å². The Balaban J connectivity index is 1.59. The molecule has 0 atom stereocenters. The number of furan rings is 1. The lowest BCUT2D eigenvalue weighted by Gasteiger charge is -2.29. The molecular weight excluding hydrogens is 258 g/mol. The summed E-state index contributed by atoms with van der Waals surface area (Å²) in [6.07, 6.45) is 4.94. The van der Waals surface area contributed by atoms with Crippen LogP contribution in [-0.4, -0.2) is 35.5 Å². The molecule has 110 valence electrons. The predicted octanol–water partition coefficient (Wildman–Crippen LogP) is 2.15. The zero-order valence-corrected chi connectivity index (χ0v) is 11.6. The quantitative estimate of drug-likeness (QED) is 0.638. The average molecular weight is 279 g/mol. The normalized spacial score (nSPS) is 20.4. The van der Waals surface area contributed by atoms with Crippen molar-refractivity contribution >= 4 is 5.88 Å². The van der Waals surface area contributed by atoms with Crippen LogP contribution in [0.3, 0.4) is 0 Å². The molecule has 2 aliphatic rings. The number of hydrogen-bond acceptors (Lipinski definition) is 5. The summed E-state index contributed by atoms with van der Waals surface area (Å²) >= 11 is 0. The molecule has 1 N–H and O–H groups in total. The van der Waals surface area contributed by atoms with Crippen molar-refractivity contribution < 1.29 is 9.34 Å². The van der Waals surface area contributed by atoms with Gasteiger partial charge < -0.3 is 9.73 Å². The molecule has 0 unspecified atom stereocenters. The van der Waals surface area contributed by atoms with Crippen LogP contribution in [0.5, 0.6) is 0 Å². The maximum Gasteiger partial charge on any atom is 0.433 e. The Morgan fingerprint density at radius 1 is 1.30 bits per heavy atom. The van der Waals surface area contributed by atoms with Gasteiger partial charge in [0.15, 0.2) is 0 Å². The Kier molecular flexibility index (Phi) is 4.03. The van der Waals surface area contributed by atoms with Gasteiger partial charge in [0.05, 0.1) is 12.6 Å². The Labute approximate surface area is 118 Å². The molecule has 1 aromatic heterocycles. The highest BCUT2D eigenvalue weighted by Crippen LogP contribution is 2.31. The molecular formula is C14H21N3O3. The molecule has 0 bridgehead atoms. The molecule has 0 aromatic carbocycles. The van der Waals surface area contributed by atoms with E-state index in [1.807, 2.05) is 0 Å². The van der Waals surface area contributed by atoms with E-state index in [1.165, 1.54) is 31.7 Å². The lowest BCUT2D eigenvalue weighted by atomic mass is 9.97. The van der Waals surface area contributed by atoms with Crippen LogP contribution in [0, 0.1) is 16.0 Å². The van der Waals surface area contributed by atoms with E-state index >= 15 is 0 Å². The maximum atomic E-state index is 10.7. The van der Waals surface area contributed by atoms with Crippen LogP contribution in [-0.2, 0) is 6.54 Å². The summed E-state index contributed by atoms with van der Waals surface area (Å²) in [6, 6.07) is 3.83. The Hall–Kier alpha value is -1.40. The first kappa shape index (κ1) is 13.6. The van der Waals surface area contributed by atoms with Gasteiger partial charge in [0.25, 0.3) is 0 Å². The molecule has 1 saturated heterocycles. The minimum absolute atomic E-state index is 0.155. The SMILES string of the molecule is O=[N+]([O-])c1ccc(CN(CC2CCNCC2)C2CC2)o1. The first-order chi connectivity index (χ1) is 9.72. The van der Waals surface area contributed by atoms with E-state index < -0.39 is 4.92 Å². The molecule has 20 heavy (non-hydrogen) atoms. The molecule has 2 heterocycles. The van der Waals surface area contributed by atoms with Crippen LogP contribution in [0.15, 0.2) is 16.5 Å². The van der Waals surface area contributed by atoms with Crippen LogP contribution >= 0.6 is 0 Å². The molecule has 6 nitrogen and oxygen atoms in total. The van der Waals surface area contributed by atoms with Gasteiger partial charge in [-0.15, -0.1) is 0 Å². The van der Waals surface area contributed by atoms with Crippen molar-refractivity contribution in [3.63, 3.8) is 0 Å². The summed E-state index contributed by atoms with van der Waals surface area (Å²) in [4.78, 5) is 12.6. The van der Waals surface area contributed by atoms with Gasteiger partial charge >= 0.3 is 5.88 Å². The highest BCUT2D eigenvalue weighted by molar-refractivity contribution is 5.17. The molecule has 1 aromatic rings. The molecule has 2 fully saturated rings. The average Bonchev–Trinajstić information content (AvgIpc) is 3.19. The first-order valence-corrected chi connectivity index (χ1v) is 7.40. The minimum Gasteiger partial charge on any atom is -0.404 e. The zero-order chi connectivity index (χ0) is 13.9. The lowest BCUT2D eigenvalue weighted by molar-refractivity contribution is -0.402. The van der Waals surface area contributed by atoms with Gasteiger partial charge in [-0.1, -0.05) is 0 Å². The van der Waals surface area contributed by atoms with Crippen LogP contribution < -0.4 is 5.32 Å². The van der Waals surface area contributed by atoms with Gasteiger partial charge in [0, 0.05) is 12.6 Å². The first-order valence-electron chi connectivity index (χ1n) is 7.40. The molecule has 1 saturated carbocycles. The van der Waals surface area contributed by atoms with Crippen LogP contribution in [0.4, 0.5) is 5.88 Å². The molecule has 3 rings (SSSR count). The third-order valence-corrected chi connectivity index (χ3v) is 4.20. The van der Waals surface area contributed by atoms with Crippen molar-refractivity contribution in [2.45, 2.75) is 38.3 Å². The second kappa shape index (κ2) is 5.93. The fourth-order valence-electron chi connectivity index (χ4n) is 2.93. The van der Waals surface area contributed by atoms with Crippen LogP contribution in [0.2, 0.25) is 0 Å². The third kappa shape index (κ3) is 3.37.